The highest BCUT2D eigenvalue weighted by Crippen LogP contribution is 2.14. The van der Waals surface area contributed by atoms with Crippen molar-refractivity contribution in [2.75, 3.05) is 6.61 Å². The third-order valence-electron chi connectivity index (χ3n) is 3.47. The summed E-state index contributed by atoms with van der Waals surface area (Å²) in [6.07, 6.45) is 0. The number of ether oxygens (including phenoxy) is 1. The topological polar surface area (TPSA) is 108 Å². The summed E-state index contributed by atoms with van der Waals surface area (Å²) in [4.78, 5) is 13.8. The van der Waals surface area contributed by atoms with Crippen LogP contribution in [0.25, 0.3) is 0 Å². The molecule has 8 heteroatoms. The van der Waals surface area contributed by atoms with E-state index in [1.165, 1.54) is 12.1 Å². The van der Waals surface area contributed by atoms with Crippen molar-refractivity contribution < 1.29 is 17.9 Å². The molecule has 0 atom stereocenters. The van der Waals surface area contributed by atoms with Gasteiger partial charge in [0.25, 0.3) is 15.9 Å². The maximum atomic E-state index is 12.1. The minimum atomic E-state index is -3.86. The Morgan fingerprint density at radius 3 is 2.40 bits per heavy atom. The molecule has 0 aliphatic carbocycles. The molecule has 0 saturated heterocycles. The molecule has 1 amide bonds. The van der Waals surface area contributed by atoms with Crippen molar-refractivity contribution in [2.24, 2.45) is 0 Å². The van der Waals surface area contributed by atoms with E-state index in [-0.39, 0.29) is 11.5 Å². The number of carbonyl (C=O) groups excluding carboxylic acids is 1. The van der Waals surface area contributed by atoms with Gasteiger partial charge in [-0.1, -0.05) is 6.07 Å². The van der Waals surface area contributed by atoms with Crippen LogP contribution in [0.5, 0.6) is 5.75 Å². The number of hydrazine groups is 1. The predicted octanol–water partition coefficient (Wildman–Crippen LogP) is 1.56. The first-order valence-electron chi connectivity index (χ1n) is 7.33. The van der Waals surface area contributed by atoms with Crippen LogP contribution in [-0.2, 0) is 14.8 Å². The molecule has 0 aliphatic rings. The Hall–Kier alpha value is -2.89. The molecule has 0 aromatic heterocycles. The summed E-state index contributed by atoms with van der Waals surface area (Å²) in [7, 11) is -3.86. The lowest BCUT2D eigenvalue weighted by Gasteiger charge is -2.10. The van der Waals surface area contributed by atoms with E-state index in [2.05, 4.69) is 5.43 Å². The van der Waals surface area contributed by atoms with Gasteiger partial charge < -0.3 is 4.74 Å². The van der Waals surface area contributed by atoms with Gasteiger partial charge in [0.15, 0.2) is 6.61 Å². The first-order chi connectivity index (χ1) is 11.8. The van der Waals surface area contributed by atoms with Crippen molar-refractivity contribution in [2.45, 2.75) is 18.7 Å². The number of amides is 1. The first-order valence-corrected chi connectivity index (χ1v) is 8.81. The molecule has 0 heterocycles. The highest BCUT2D eigenvalue weighted by molar-refractivity contribution is 7.89. The molecule has 2 N–H and O–H groups in total. The molecule has 0 saturated carbocycles. The number of benzene rings is 2. The summed E-state index contributed by atoms with van der Waals surface area (Å²) in [6, 6.07) is 12.8. The summed E-state index contributed by atoms with van der Waals surface area (Å²) in [5.41, 5.74) is 4.37. The number of hydrogen-bond donors (Lipinski definition) is 2. The minimum absolute atomic E-state index is 0.0592. The zero-order valence-electron chi connectivity index (χ0n) is 13.7. The van der Waals surface area contributed by atoms with Crippen molar-refractivity contribution in [1.82, 2.24) is 10.3 Å². The van der Waals surface area contributed by atoms with Gasteiger partial charge in [-0.25, -0.2) is 8.42 Å². The number of nitriles is 1. The third kappa shape index (κ3) is 5.04. The number of hydrogen-bond acceptors (Lipinski definition) is 5. The molecular formula is C17H17N3O4S. The quantitative estimate of drug-likeness (QED) is 0.761. The highest BCUT2D eigenvalue weighted by Gasteiger charge is 2.15. The van der Waals surface area contributed by atoms with Crippen LogP contribution in [0.15, 0.2) is 47.4 Å². The SMILES string of the molecule is Cc1ccc(S(=O)(=O)NNC(=O)COc2ccc(C#N)cc2)cc1C. The summed E-state index contributed by atoms with van der Waals surface area (Å²) < 4.78 is 29.5. The Balaban J connectivity index is 1.89. The van der Waals surface area contributed by atoms with Crippen LogP contribution in [0, 0.1) is 25.2 Å². The number of nitrogens with one attached hydrogen (secondary N) is 2. The van der Waals surface area contributed by atoms with E-state index in [0.29, 0.717) is 11.3 Å². The van der Waals surface area contributed by atoms with Gasteiger partial charge in [0.2, 0.25) is 0 Å². The molecule has 0 spiro atoms. The number of rotatable bonds is 6. The zero-order chi connectivity index (χ0) is 18.4. The van der Waals surface area contributed by atoms with Crippen LogP contribution >= 0.6 is 0 Å². The molecule has 0 aliphatic heterocycles. The maximum absolute atomic E-state index is 12.1. The van der Waals surface area contributed by atoms with Gasteiger partial charge in [0, 0.05) is 0 Å². The number of carbonyl (C=O) groups is 1. The zero-order valence-corrected chi connectivity index (χ0v) is 14.6. The van der Waals surface area contributed by atoms with Crippen molar-refractivity contribution in [3.05, 3.63) is 59.2 Å². The standard InChI is InChI=1S/C17H17N3O4S/c1-12-3-8-16(9-13(12)2)25(22,23)20-19-17(21)11-24-15-6-4-14(10-18)5-7-15/h3-9,20H,11H2,1-2H3,(H,19,21). The summed E-state index contributed by atoms with van der Waals surface area (Å²) in [5, 5.41) is 8.70. The van der Waals surface area contributed by atoms with E-state index in [1.807, 2.05) is 17.8 Å². The summed E-state index contributed by atoms with van der Waals surface area (Å²) in [5.74, 6) is -0.261. The molecule has 0 fully saturated rings. The molecule has 7 nitrogen and oxygen atoms in total. The van der Waals surface area contributed by atoms with Gasteiger partial charge in [-0.05, 0) is 61.4 Å². The fourth-order valence-corrected chi connectivity index (χ4v) is 2.82. The van der Waals surface area contributed by atoms with E-state index in [9.17, 15) is 13.2 Å². The fourth-order valence-electron chi connectivity index (χ4n) is 1.87. The lowest BCUT2D eigenvalue weighted by Crippen LogP contribution is -2.43. The van der Waals surface area contributed by atoms with E-state index in [1.54, 1.807) is 37.3 Å². The Morgan fingerprint density at radius 2 is 1.80 bits per heavy atom. The van der Waals surface area contributed by atoms with Crippen molar-refractivity contribution >= 4 is 15.9 Å². The minimum Gasteiger partial charge on any atom is -0.484 e. The Labute approximate surface area is 146 Å². The summed E-state index contributed by atoms with van der Waals surface area (Å²) in [6.45, 7) is 3.31. The van der Waals surface area contributed by atoms with Crippen LogP contribution in [0.2, 0.25) is 0 Å². The molecule has 0 radical (unpaired) electrons. The van der Waals surface area contributed by atoms with Crippen LogP contribution in [0.4, 0.5) is 0 Å². The van der Waals surface area contributed by atoms with E-state index < -0.39 is 15.9 Å². The molecule has 2 aromatic rings. The smallest absolute Gasteiger partial charge is 0.272 e. The normalized spacial score (nSPS) is 10.8. The highest BCUT2D eigenvalue weighted by atomic mass is 32.2. The van der Waals surface area contributed by atoms with Crippen LogP contribution in [0.3, 0.4) is 0 Å². The average molecular weight is 359 g/mol. The first kappa shape index (κ1) is 18.4. The van der Waals surface area contributed by atoms with Gasteiger partial charge in [0.1, 0.15) is 5.75 Å². The molecular weight excluding hydrogens is 342 g/mol. The van der Waals surface area contributed by atoms with E-state index in [4.69, 9.17) is 10.00 Å². The van der Waals surface area contributed by atoms with Crippen LogP contribution in [-0.4, -0.2) is 20.9 Å². The fraction of sp³-hybridized carbons (Fsp3) is 0.176. The summed E-state index contributed by atoms with van der Waals surface area (Å²) >= 11 is 0. The van der Waals surface area contributed by atoms with Crippen molar-refractivity contribution in [1.29, 1.82) is 5.26 Å². The van der Waals surface area contributed by atoms with Gasteiger partial charge in [-0.15, -0.1) is 4.83 Å². The molecule has 0 bridgehead atoms. The van der Waals surface area contributed by atoms with Gasteiger partial charge in [-0.3, -0.25) is 10.2 Å². The average Bonchev–Trinajstić information content (AvgIpc) is 2.61. The lowest BCUT2D eigenvalue weighted by molar-refractivity contribution is -0.123. The van der Waals surface area contributed by atoms with Crippen LogP contribution < -0.4 is 15.0 Å². The van der Waals surface area contributed by atoms with E-state index in [0.717, 1.165) is 11.1 Å². The van der Waals surface area contributed by atoms with Crippen LogP contribution in [0.1, 0.15) is 16.7 Å². The Bertz CT molecular complexity index is 916. The molecule has 25 heavy (non-hydrogen) atoms. The monoisotopic (exact) mass is 359 g/mol. The molecule has 2 rings (SSSR count). The molecule has 2 aromatic carbocycles. The number of nitrogens with zero attached hydrogens (tertiary/aromatic N) is 1. The number of sulfonamides is 1. The largest absolute Gasteiger partial charge is 0.484 e. The lowest BCUT2D eigenvalue weighted by atomic mass is 10.1. The second-order valence-electron chi connectivity index (χ2n) is 5.32. The van der Waals surface area contributed by atoms with Gasteiger partial charge in [-0.2, -0.15) is 5.26 Å². The third-order valence-corrected chi connectivity index (χ3v) is 4.71. The van der Waals surface area contributed by atoms with Crippen molar-refractivity contribution in [3.63, 3.8) is 0 Å². The van der Waals surface area contributed by atoms with Gasteiger partial charge in [0.05, 0.1) is 16.5 Å². The Morgan fingerprint density at radius 1 is 1.12 bits per heavy atom. The molecule has 0 unspecified atom stereocenters. The maximum Gasteiger partial charge on any atom is 0.272 e. The van der Waals surface area contributed by atoms with Gasteiger partial charge >= 0.3 is 0 Å². The second-order valence-corrected chi connectivity index (χ2v) is 7.01. The van der Waals surface area contributed by atoms with Crippen molar-refractivity contribution in [3.8, 4) is 11.8 Å². The second kappa shape index (κ2) is 7.79. The Kier molecular flexibility index (Phi) is 5.75. The number of aryl methyl sites for hydroxylation is 2. The van der Waals surface area contributed by atoms with E-state index >= 15 is 0 Å². The predicted molar refractivity (Wildman–Crippen MR) is 91.0 cm³/mol. The molecule has 130 valence electrons.